The SMILES string of the molecule is Cc1cc(C(=O)COc2cc(F)ccc2[N+](=O)[O-])c(C)n1[C@H]1CCS(=O)(=O)C1. The third kappa shape index (κ3) is 3.91. The molecule has 2 aromatic rings. The molecule has 150 valence electrons. The third-order valence-corrected chi connectivity index (χ3v) is 6.59. The number of aryl methyl sites for hydroxylation is 1. The molecule has 1 aromatic carbocycles. The van der Waals surface area contributed by atoms with Crippen molar-refractivity contribution in [2.24, 2.45) is 0 Å². The molecular weight excluding hydrogens is 391 g/mol. The molecule has 8 nitrogen and oxygen atoms in total. The smallest absolute Gasteiger partial charge is 0.311 e. The summed E-state index contributed by atoms with van der Waals surface area (Å²) in [5, 5.41) is 11.0. The molecule has 28 heavy (non-hydrogen) atoms. The van der Waals surface area contributed by atoms with E-state index in [1.165, 1.54) is 0 Å². The van der Waals surface area contributed by atoms with E-state index < -0.39 is 38.7 Å². The quantitative estimate of drug-likeness (QED) is 0.412. The number of rotatable bonds is 6. The fourth-order valence-corrected chi connectivity index (χ4v) is 5.28. The van der Waals surface area contributed by atoms with Gasteiger partial charge < -0.3 is 9.30 Å². The molecule has 0 saturated carbocycles. The molecule has 1 saturated heterocycles. The largest absolute Gasteiger partial charge is 0.478 e. The summed E-state index contributed by atoms with van der Waals surface area (Å²) < 4.78 is 44.0. The lowest BCUT2D eigenvalue weighted by molar-refractivity contribution is -0.385. The van der Waals surface area contributed by atoms with Crippen molar-refractivity contribution in [2.45, 2.75) is 26.3 Å². The number of hydrogen-bond acceptors (Lipinski definition) is 6. The standard InChI is InChI=1S/C18H19FN2O6S/c1-11-7-15(12(2)20(11)14-5-6-28(25,26)10-14)17(22)9-27-18-8-13(19)3-4-16(18)21(23)24/h3-4,7-8,14H,5-6,9-10H2,1-2H3/t14-/m0/s1. The van der Waals surface area contributed by atoms with Crippen molar-refractivity contribution in [1.82, 2.24) is 4.57 Å². The first kappa shape index (κ1) is 20.0. The Bertz CT molecular complexity index is 1060. The monoisotopic (exact) mass is 410 g/mol. The fourth-order valence-electron chi connectivity index (χ4n) is 3.58. The van der Waals surface area contributed by atoms with Crippen LogP contribution in [-0.4, -0.2) is 41.8 Å². The molecule has 10 heteroatoms. The number of sulfone groups is 1. The second kappa shape index (κ2) is 7.34. The average molecular weight is 410 g/mol. The number of nitro groups is 1. The molecule has 0 N–H and O–H groups in total. The molecule has 0 radical (unpaired) electrons. The number of carbonyl (C=O) groups excluding carboxylic acids is 1. The molecule has 3 rings (SSSR count). The van der Waals surface area contributed by atoms with E-state index in [0.29, 0.717) is 17.7 Å². The Balaban J connectivity index is 1.80. The minimum Gasteiger partial charge on any atom is -0.478 e. The van der Waals surface area contributed by atoms with Crippen LogP contribution < -0.4 is 4.74 Å². The highest BCUT2D eigenvalue weighted by Crippen LogP contribution is 2.30. The molecule has 0 unspecified atom stereocenters. The van der Waals surface area contributed by atoms with Crippen molar-refractivity contribution >= 4 is 21.3 Å². The van der Waals surface area contributed by atoms with Crippen molar-refractivity contribution in [1.29, 1.82) is 0 Å². The first-order chi connectivity index (χ1) is 13.1. The Morgan fingerprint density at radius 3 is 2.68 bits per heavy atom. The van der Waals surface area contributed by atoms with Crippen molar-refractivity contribution in [3.8, 4) is 5.75 Å². The van der Waals surface area contributed by atoms with Crippen LogP contribution in [0.2, 0.25) is 0 Å². The summed E-state index contributed by atoms with van der Waals surface area (Å²) in [4.78, 5) is 22.9. The van der Waals surface area contributed by atoms with E-state index in [0.717, 1.165) is 23.9 Å². The highest BCUT2D eigenvalue weighted by atomic mass is 32.2. The molecule has 1 aliphatic heterocycles. The summed E-state index contributed by atoms with van der Waals surface area (Å²) in [6, 6.07) is 4.19. The van der Waals surface area contributed by atoms with E-state index in [1.54, 1.807) is 19.9 Å². The maximum atomic E-state index is 13.4. The Kier molecular flexibility index (Phi) is 5.24. The molecule has 2 heterocycles. The number of aromatic nitrogens is 1. The van der Waals surface area contributed by atoms with Gasteiger partial charge in [-0.1, -0.05) is 0 Å². The molecule has 1 atom stereocenters. The van der Waals surface area contributed by atoms with E-state index in [4.69, 9.17) is 4.74 Å². The fraction of sp³-hybridized carbons (Fsp3) is 0.389. The van der Waals surface area contributed by atoms with Gasteiger partial charge in [0.25, 0.3) is 0 Å². The topological polar surface area (TPSA) is 109 Å². The first-order valence-electron chi connectivity index (χ1n) is 8.58. The Hall–Kier alpha value is -2.75. The van der Waals surface area contributed by atoms with Gasteiger partial charge in [0.1, 0.15) is 5.82 Å². The Morgan fingerprint density at radius 2 is 2.07 bits per heavy atom. The molecule has 0 spiro atoms. The van der Waals surface area contributed by atoms with E-state index in [9.17, 15) is 27.7 Å². The normalized spacial score (nSPS) is 18.2. The molecule has 0 aliphatic carbocycles. The maximum Gasteiger partial charge on any atom is 0.311 e. The number of ether oxygens (including phenoxy) is 1. The van der Waals surface area contributed by atoms with Crippen LogP contribution in [0.4, 0.5) is 10.1 Å². The van der Waals surface area contributed by atoms with Gasteiger partial charge in [0.05, 0.1) is 16.4 Å². The summed E-state index contributed by atoms with van der Waals surface area (Å²) in [5.74, 6) is -1.32. The zero-order valence-corrected chi connectivity index (χ0v) is 16.2. The number of nitrogens with zero attached hydrogens (tertiary/aromatic N) is 2. The Morgan fingerprint density at radius 1 is 1.36 bits per heavy atom. The van der Waals surface area contributed by atoms with Gasteiger partial charge in [-0.15, -0.1) is 0 Å². The molecule has 0 bridgehead atoms. The average Bonchev–Trinajstić information content (AvgIpc) is 3.10. The zero-order valence-electron chi connectivity index (χ0n) is 15.3. The zero-order chi connectivity index (χ0) is 20.6. The van der Waals surface area contributed by atoms with Crippen LogP contribution in [0.15, 0.2) is 24.3 Å². The van der Waals surface area contributed by atoms with Crippen molar-refractivity contribution < 1.29 is 27.3 Å². The second-order valence-corrected chi connectivity index (χ2v) is 9.02. The lowest BCUT2D eigenvalue weighted by Gasteiger charge is -2.16. The van der Waals surface area contributed by atoms with Crippen LogP contribution in [0.5, 0.6) is 5.75 Å². The molecule has 0 amide bonds. The maximum absolute atomic E-state index is 13.4. The third-order valence-electron chi connectivity index (χ3n) is 4.84. The molecule has 1 aliphatic rings. The number of halogens is 1. The predicted octanol–water partition coefficient (Wildman–Crippen LogP) is 2.77. The van der Waals surface area contributed by atoms with Gasteiger partial charge in [0.15, 0.2) is 22.2 Å². The Labute approximate surface area is 161 Å². The molecule has 1 fully saturated rings. The summed E-state index contributed by atoms with van der Waals surface area (Å²) in [6.45, 7) is 3.00. The summed E-state index contributed by atoms with van der Waals surface area (Å²) >= 11 is 0. The number of carbonyl (C=O) groups is 1. The van der Waals surface area contributed by atoms with Gasteiger partial charge in [-0.3, -0.25) is 14.9 Å². The number of nitro benzene ring substituents is 1. The summed E-state index contributed by atoms with van der Waals surface area (Å²) in [6.07, 6.45) is 0.484. The second-order valence-electron chi connectivity index (χ2n) is 6.79. The number of ketones is 1. The lowest BCUT2D eigenvalue weighted by Crippen LogP contribution is -2.16. The van der Waals surface area contributed by atoms with Crippen LogP contribution in [-0.2, 0) is 9.84 Å². The lowest BCUT2D eigenvalue weighted by atomic mass is 10.1. The van der Waals surface area contributed by atoms with Crippen molar-refractivity contribution in [3.63, 3.8) is 0 Å². The van der Waals surface area contributed by atoms with Gasteiger partial charge in [0.2, 0.25) is 5.78 Å². The summed E-state index contributed by atoms with van der Waals surface area (Å²) in [7, 11) is -3.08. The van der Waals surface area contributed by atoms with Gasteiger partial charge in [0, 0.05) is 35.1 Å². The minimum absolute atomic E-state index is 0.0307. The number of Topliss-reactive ketones (excluding diaryl/α,β-unsaturated/α-hetero) is 1. The van der Waals surface area contributed by atoms with E-state index in [1.807, 2.05) is 4.57 Å². The van der Waals surface area contributed by atoms with Gasteiger partial charge in [-0.25, -0.2) is 12.8 Å². The van der Waals surface area contributed by atoms with Crippen molar-refractivity contribution in [2.75, 3.05) is 18.1 Å². The van der Waals surface area contributed by atoms with Gasteiger partial charge in [-0.2, -0.15) is 0 Å². The van der Waals surface area contributed by atoms with E-state index in [-0.39, 0.29) is 23.3 Å². The number of hydrogen-bond donors (Lipinski definition) is 0. The van der Waals surface area contributed by atoms with Crippen LogP contribution in [0.3, 0.4) is 0 Å². The van der Waals surface area contributed by atoms with Gasteiger partial charge >= 0.3 is 5.69 Å². The minimum atomic E-state index is -3.08. The van der Waals surface area contributed by atoms with Crippen molar-refractivity contribution in [3.05, 3.63) is 57.1 Å². The first-order valence-corrected chi connectivity index (χ1v) is 10.4. The van der Waals surface area contributed by atoms with Gasteiger partial charge in [-0.05, 0) is 32.4 Å². The molecule has 1 aromatic heterocycles. The van der Waals surface area contributed by atoms with Crippen LogP contribution in [0.25, 0.3) is 0 Å². The van der Waals surface area contributed by atoms with Crippen LogP contribution in [0, 0.1) is 29.8 Å². The van der Waals surface area contributed by atoms with Crippen LogP contribution >= 0.6 is 0 Å². The highest BCUT2D eigenvalue weighted by molar-refractivity contribution is 7.91. The van der Waals surface area contributed by atoms with E-state index >= 15 is 0 Å². The highest BCUT2D eigenvalue weighted by Gasteiger charge is 2.31. The van der Waals surface area contributed by atoms with Crippen LogP contribution in [0.1, 0.15) is 34.2 Å². The summed E-state index contributed by atoms with van der Waals surface area (Å²) in [5.41, 5.74) is 1.28. The number of benzene rings is 1. The molecular formula is C18H19FN2O6S. The predicted molar refractivity (Wildman–Crippen MR) is 99.1 cm³/mol. The van der Waals surface area contributed by atoms with E-state index in [2.05, 4.69) is 0 Å².